The smallest absolute Gasteiger partial charge is 0.335 e. The number of amides is 1. The lowest BCUT2D eigenvalue weighted by atomic mass is 9.89. The normalized spacial score (nSPS) is 18.3. The van der Waals surface area contributed by atoms with Gasteiger partial charge < -0.3 is 19.7 Å². The maximum absolute atomic E-state index is 12.2. The number of halogens is 1. The lowest BCUT2D eigenvalue weighted by Gasteiger charge is -2.32. The highest BCUT2D eigenvalue weighted by molar-refractivity contribution is 6.33. The van der Waals surface area contributed by atoms with Crippen molar-refractivity contribution in [2.45, 2.75) is 45.1 Å². The van der Waals surface area contributed by atoms with Crippen LogP contribution in [0.2, 0.25) is 5.02 Å². The van der Waals surface area contributed by atoms with Crippen LogP contribution < -0.4 is 4.74 Å². The van der Waals surface area contributed by atoms with Gasteiger partial charge in [-0.2, -0.15) is 4.98 Å². The number of imidazole rings is 1. The largest absolute Gasteiger partial charge is 0.478 e. The summed E-state index contributed by atoms with van der Waals surface area (Å²) < 4.78 is 6.08. The predicted octanol–water partition coefficient (Wildman–Crippen LogP) is 5.36. The molecule has 1 amide bonds. The van der Waals surface area contributed by atoms with Crippen LogP contribution in [0.25, 0.3) is 22.4 Å². The molecule has 0 radical (unpaired) electrons. The number of H-pyrrole nitrogens is 1. The summed E-state index contributed by atoms with van der Waals surface area (Å²) in [5.41, 5.74) is 4.13. The Morgan fingerprint density at radius 1 is 1.16 bits per heavy atom. The summed E-state index contributed by atoms with van der Waals surface area (Å²) in [6, 6.07) is 10.2. The Balaban J connectivity index is 1.27. The molecule has 8 nitrogen and oxygen atoms in total. The molecule has 5 rings (SSSR count). The summed E-state index contributed by atoms with van der Waals surface area (Å²) in [5, 5.41) is 9.62. The van der Waals surface area contributed by atoms with Crippen molar-refractivity contribution in [1.29, 1.82) is 0 Å². The number of carboxylic acid groups (broad SMARTS) is 1. The number of aromatic nitrogens is 3. The lowest BCUT2D eigenvalue weighted by Crippen LogP contribution is -2.43. The van der Waals surface area contributed by atoms with E-state index < -0.39 is 5.97 Å². The molecule has 9 heteroatoms. The van der Waals surface area contributed by atoms with Crippen molar-refractivity contribution in [1.82, 2.24) is 19.9 Å². The molecule has 3 heterocycles. The Hall–Kier alpha value is -3.65. The van der Waals surface area contributed by atoms with Gasteiger partial charge in [0.25, 0.3) is 6.01 Å². The Morgan fingerprint density at radius 2 is 1.89 bits per heavy atom. The minimum Gasteiger partial charge on any atom is -0.478 e. The van der Waals surface area contributed by atoms with Crippen LogP contribution in [0, 0.1) is 5.92 Å². The number of pyridine rings is 1. The number of aromatic amines is 1. The SMILES string of the molecule is CC(C)C(=O)N1CCC(Oc2nc3nc(-c4ccc(C5C=CC(C(=O)O)=CC5)cc4)c(Cl)cc3[nH]2)CC1. The highest BCUT2D eigenvalue weighted by Gasteiger charge is 2.26. The van der Waals surface area contributed by atoms with Gasteiger partial charge in [0.1, 0.15) is 6.10 Å². The number of hydrogen-bond donors (Lipinski definition) is 2. The van der Waals surface area contributed by atoms with Gasteiger partial charge in [0, 0.05) is 43.3 Å². The van der Waals surface area contributed by atoms with Crippen LogP contribution in [0.4, 0.5) is 0 Å². The average molecular weight is 521 g/mol. The number of carbonyl (C=O) groups excluding carboxylic acids is 1. The van der Waals surface area contributed by atoms with Crippen LogP contribution >= 0.6 is 11.6 Å². The first-order valence-electron chi connectivity index (χ1n) is 12.5. The Labute approximate surface area is 220 Å². The molecule has 2 aliphatic rings. The van der Waals surface area contributed by atoms with E-state index in [2.05, 4.69) is 15.0 Å². The zero-order valence-electron chi connectivity index (χ0n) is 20.8. The summed E-state index contributed by atoms with van der Waals surface area (Å²) in [4.78, 5) is 37.6. The number of likely N-dealkylation sites (tertiary alicyclic amines) is 1. The highest BCUT2D eigenvalue weighted by Crippen LogP contribution is 2.33. The average Bonchev–Trinajstić information content (AvgIpc) is 3.29. The minimum atomic E-state index is -0.906. The molecule has 1 aromatic carbocycles. The van der Waals surface area contributed by atoms with Crippen molar-refractivity contribution in [3.05, 3.63) is 64.7 Å². The lowest BCUT2D eigenvalue weighted by molar-refractivity contribution is -0.136. The third-order valence-corrected chi connectivity index (χ3v) is 7.18. The molecule has 2 aromatic heterocycles. The zero-order valence-corrected chi connectivity index (χ0v) is 21.5. The van der Waals surface area contributed by atoms with E-state index in [0.29, 0.717) is 53.0 Å². The van der Waals surface area contributed by atoms with Gasteiger partial charge in [-0.05, 0) is 18.1 Å². The molecule has 2 N–H and O–H groups in total. The number of carboxylic acids is 1. The van der Waals surface area contributed by atoms with Crippen LogP contribution in [0.1, 0.15) is 44.6 Å². The van der Waals surface area contributed by atoms with Crippen molar-refractivity contribution < 1.29 is 19.4 Å². The van der Waals surface area contributed by atoms with Gasteiger partial charge in [0.15, 0.2) is 5.65 Å². The first kappa shape index (κ1) is 25.0. The molecule has 1 aliphatic carbocycles. The first-order chi connectivity index (χ1) is 17.8. The van der Waals surface area contributed by atoms with E-state index in [0.717, 1.165) is 24.0 Å². The molecule has 1 aliphatic heterocycles. The van der Waals surface area contributed by atoms with Crippen LogP contribution in [-0.2, 0) is 9.59 Å². The molecule has 1 fully saturated rings. The first-order valence-corrected chi connectivity index (χ1v) is 12.9. The third-order valence-electron chi connectivity index (χ3n) is 6.89. The van der Waals surface area contributed by atoms with Crippen molar-refractivity contribution in [2.24, 2.45) is 5.92 Å². The van der Waals surface area contributed by atoms with E-state index in [4.69, 9.17) is 21.4 Å². The number of benzene rings is 1. The maximum Gasteiger partial charge on any atom is 0.335 e. The molecular weight excluding hydrogens is 492 g/mol. The van der Waals surface area contributed by atoms with Gasteiger partial charge in [-0.25, -0.2) is 9.78 Å². The number of ether oxygens (including phenoxy) is 1. The molecule has 0 saturated carbocycles. The van der Waals surface area contributed by atoms with Gasteiger partial charge in [0.05, 0.1) is 21.8 Å². The van der Waals surface area contributed by atoms with Gasteiger partial charge in [-0.1, -0.05) is 67.9 Å². The van der Waals surface area contributed by atoms with E-state index in [-0.39, 0.29) is 23.8 Å². The number of nitrogens with zero attached hydrogens (tertiary/aromatic N) is 3. The summed E-state index contributed by atoms with van der Waals surface area (Å²) in [6.45, 7) is 5.20. The maximum atomic E-state index is 12.2. The Morgan fingerprint density at radius 3 is 2.51 bits per heavy atom. The second-order valence-electron chi connectivity index (χ2n) is 9.82. The molecule has 1 saturated heterocycles. The molecular formula is C28H29ClN4O4. The van der Waals surface area contributed by atoms with Crippen LogP contribution in [-0.4, -0.2) is 56.0 Å². The highest BCUT2D eigenvalue weighted by atomic mass is 35.5. The number of nitrogens with one attached hydrogen (secondary N) is 1. The molecule has 0 spiro atoms. The number of carbonyl (C=O) groups is 2. The van der Waals surface area contributed by atoms with Crippen LogP contribution in [0.5, 0.6) is 6.01 Å². The van der Waals surface area contributed by atoms with Crippen molar-refractivity contribution >= 4 is 34.6 Å². The van der Waals surface area contributed by atoms with Crippen molar-refractivity contribution in [2.75, 3.05) is 13.1 Å². The molecule has 1 atom stereocenters. The number of fused-ring (bicyclic) bond motifs is 1. The monoisotopic (exact) mass is 520 g/mol. The van der Waals surface area contributed by atoms with Gasteiger partial charge in [0.2, 0.25) is 5.91 Å². The van der Waals surface area contributed by atoms with Crippen LogP contribution in [0.15, 0.2) is 54.1 Å². The van der Waals surface area contributed by atoms with E-state index in [1.165, 1.54) is 0 Å². The number of piperidine rings is 1. The van der Waals surface area contributed by atoms with Gasteiger partial charge in [-0.3, -0.25) is 4.79 Å². The standard InChI is InChI=1S/C28H29ClN4O4/c1-16(2)26(34)33-13-11-21(12-14-33)37-28-30-23-15-22(29)24(31-25(23)32-28)19-7-3-17(4-8-19)18-5-9-20(10-6-18)27(35)36/h3-5,7-10,15-16,18,21H,6,11-14H2,1-2H3,(H,35,36)(H,30,31,32). The van der Waals surface area contributed by atoms with Crippen molar-refractivity contribution in [3.8, 4) is 17.3 Å². The van der Waals surface area contributed by atoms with Crippen molar-refractivity contribution in [3.63, 3.8) is 0 Å². The summed E-state index contributed by atoms with van der Waals surface area (Å²) in [5.74, 6) is -0.593. The van der Waals surface area contributed by atoms with Gasteiger partial charge >= 0.3 is 5.97 Å². The number of hydrogen-bond acceptors (Lipinski definition) is 5. The molecule has 1 unspecified atom stereocenters. The minimum absolute atomic E-state index is 0.00217. The van der Waals surface area contributed by atoms with Gasteiger partial charge in [-0.15, -0.1) is 0 Å². The van der Waals surface area contributed by atoms with Crippen LogP contribution in [0.3, 0.4) is 0 Å². The molecule has 0 bridgehead atoms. The number of aliphatic carboxylic acids is 1. The van der Waals surface area contributed by atoms with E-state index >= 15 is 0 Å². The topological polar surface area (TPSA) is 108 Å². The number of allylic oxidation sites excluding steroid dienone is 2. The summed E-state index contributed by atoms with van der Waals surface area (Å²) in [6.07, 6.45) is 7.46. The van der Waals surface area contributed by atoms with E-state index in [1.54, 1.807) is 18.2 Å². The fourth-order valence-corrected chi connectivity index (χ4v) is 5.05. The molecule has 192 valence electrons. The second kappa shape index (κ2) is 10.4. The fourth-order valence-electron chi connectivity index (χ4n) is 4.79. The Kier molecular flexibility index (Phi) is 7.02. The molecule has 3 aromatic rings. The molecule has 37 heavy (non-hydrogen) atoms. The van der Waals surface area contributed by atoms with E-state index in [9.17, 15) is 9.59 Å². The third kappa shape index (κ3) is 5.39. The second-order valence-corrected chi connectivity index (χ2v) is 10.2. The van der Waals surface area contributed by atoms with E-state index in [1.807, 2.05) is 49.1 Å². The Bertz CT molecular complexity index is 1390. The summed E-state index contributed by atoms with van der Waals surface area (Å²) in [7, 11) is 0. The number of rotatable bonds is 6. The summed E-state index contributed by atoms with van der Waals surface area (Å²) >= 11 is 6.58. The fraction of sp³-hybridized carbons (Fsp3) is 0.357. The quantitative estimate of drug-likeness (QED) is 0.453. The predicted molar refractivity (Wildman–Crippen MR) is 142 cm³/mol. The zero-order chi connectivity index (χ0) is 26.1.